The second-order valence-corrected chi connectivity index (χ2v) is 6.32. The molecule has 0 bridgehead atoms. The number of halogens is 2. The first-order valence-electron chi connectivity index (χ1n) is 7.05. The number of amides is 1. The molecule has 2 heterocycles. The topological polar surface area (TPSA) is 77.2 Å². The van der Waals surface area contributed by atoms with Gasteiger partial charge in [-0.3, -0.25) is 4.79 Å². The zero-order valence-corrected chi connectivity index (χ0v) is 14.2. The third-order valence-electron chi connectivity index (χ3n) is 3.25. The average molecular weight is 370 g/mol. The second kappa shape index (κ2) is 7.25. The monoisotopic (exact) mass is 369 g/mol. The van der Waals surface area contributed by atoms with Crippen molar-refractivity contribution in [1.82, 2.24) is 15.5 Å². The summed E-state index contributed by atoms with van der Waals surface area (Å²) in [5.74, 6) is -0.0847. The summed E-state index contributed by atoms with van der Waals surface area (Å²) in [4.78, 5) is 16.7. The molecular weight excluding hydrogens is 357 g/mol. The quantitative estimate of drug-likeness (QED) is 0.722. The Balaban J connectivity index is 1.70. The number of carbonyl (C=O) groups is 1. The number of fused-ring (bicyclic) bond motifs is 1. The van der Waals surface area contributed by atoms with Crippen molar-refractivity contribution in [3.63, 3.8) is 0 Å². The molecule has 2 aromatic heterocycles. The predicted molar refractivity (Wildman–Crippen MR) is 87.8 cm³/mol. The molecule has 3 rings (SSSR count). The minimum Gasteiger partial charge on any atom is -0.384 e. The van der Waals surface area contributed by atoms with E-state index in [1.54, 1.807) is 19.2 Å². The summed E-state index contributed by atoms with van der Waals surface area (Å²) < 4.78 is 24.4. The van der Waals surface area contributed by atoms with Crippen LogP contribution in [0, 0.1) is 5.82 Å². The van der Waals surface area contributed by atoms with Gasteiger partial charge in [0.2, 0.25) is 5.89 Å². The van der Waals surface area contributed by atoms with Crippen LogP contribution in [0.15, 0.2) is 22.7 Å². The van der Waals surface area contributed by atoms with Gasteiger partial charge in [0.15, 0.2) is 5.82 Å². The first-order chi connectivity index (χ1) is 11.6. The Labute approximate surface area is 145 Å². The zero-order valence-electron chi connectivity index (χ0n) is 12.6. The summed E-state index contributed by atoms with van der Waals surface area (Å²) in [6.07, 6.45) is 0.499. The Bertz CT molecular complexity index is 880. The maximum Gasteiger partial charge on any atom is 0.263 e. The molecule has 0 aliphatic rings. The number of carbonyl (C=O) groups excluding carboxylic acids is 1. The third kappa shape index (κ3) is 3.40. The van der Waals surface area contributed by atoms with E-state index < -0.39 is 11.7 Å². The molecule has 0 radical (unpaired) electrons. The molecule has 0 aliphatic heterocycles. The number of benzene rings is 1. The standard InChI is InChI=1S/C15H13ClFN3O3S/c1-22-6-5-11-19-10(20-23-11)7-18-15(21)14-13(16)12-8(17)3-2-4-9(12)24-14/h2-4H,5-7H2,1H3,(H,18,21). The van der Waals surface area contributed by atoms with Gasteiger partial charge < -0.3 is 14.6 Å². The third-order valence-corrected chi connectivity index (χ3v) is 4.89. The lowest BCUT2D eigenvalue weighted by molar-refractivity contribution is 0.0954. The normalized spacial score (nSPS) is 11.1. The fourth-order valence-corrected chi connectivity index (χ4v) is 3.58. The van der Waals surface area contributed by atoms with Crippen LogP contribution in [0.1, 0.15) is 21.4 Å². The molecule has 126 valence electrons. The van der Waals surface area contributed by atoms with Crippen molar-refractivity contribution in [3.8, 4) is 0 Å². The number of nitrogens with one attached hydrogen (secondary N) is 1. The van der Waals surface area contributed by atoms with Gasteiger partial charge >= 0.3 is 0 Å². The van der Waals surface area contributed by atoms with Crippen molar-refractivity contribution < 1.29 is 18.4 Å². The van der Waals surface area contributed by atoms with Crippen LogP contribution < -0.4 is 5.32 Å². The first-order valence-corrected chi connectivity index (χ1v) is 8.24. The van der Waals surface area contributed by atoms with Crippen LogP contribution >= 0.6 is 22.9 Å². The molecule has 6 nitrogen and oxygen atoms in total. The van der Waals surface area contributed by atoms with Crippen LogP contribution in [0.2, 0.25) is 5.02 Å². The maximum absolute atomic E-state index is 13.8. The Hall–Kier alpha value is -2.03. The highest BCUT2D eigenvalue weighted by Gasteiger charge is 2.19. The van der Waals surface area contributed by atoms with E-state index in [1.165, 1.54) is 6.07 Å². The van der Waals surface area contributed by atoms with Crippen molar-refractivity contribution in [2.24, 2.45) is 0 Å². The summed E-state index contributed by atoms with van der Waals surface area (Å²) in [6, 6.07) is 4.60. The molecule has 0 unspecified atom stereocenters. The molecule has 3 aromatic rings. The van der Waals surface area contributed by atoms with Gasteiger partial charge in [-0.1, -0.05) is 22.8 Å². The van der Waals surface area contributed by atoms with Crippen molar-refractivity contribution in [2.45, 2.75) is 13.0 Å². The lowest BCUT2D eigenvalue weighted by atomic mass is 10.2. The van der Waals surface area contributed by atoms with Gasteiger partial charge in [-0.2, -0.15) is 4.98 Å². The Kier molecular flexibility index (Phi) is 5.08. The van der Waals surface area contributed by atoms with Crippen LogP contribution in [-0.4, -0.2) is 29.8 Å². The lowest BCUT2D eigenvalue weighted by Crippen LogP contribution is -2.22. The van der Waals surface area contributed by atoms with Crippen LogP contribution in [0.4, 0.5) is 4.39 Å². The van der Waals surface area contributed by atoms with Gasteiger partial charge in [-0.05, 0) is 12.1 Å². The van der Waals surface area contributed by atoms with Gasteiger partial charge in [0.1, 0.15) is 10.7 Å². The molecule has 0 fully saturated rings. The average Bonchev–Trinajstić information content (AvgIpc) is 3.16. The molecule has 9 heteroatoms. The van der Waals surface area contributed by atoms with Gasteiger partial charge in [0, 0.05) is 17.2 Å². The number of hydrogen-bond donors (Lipinski definition) is 1. The fraction of sp³-hybridized carbons (Fsp3) is 0.267. The Morgan fingerprint density at radius 1 is 1.50 bits per heavy atom. The molecule has 1 N–H and O–H groups in total. The maximum atomic E-state index is 13.8. The highest BCUT2D eigenvalue weighted by molar-refractivity contribution is 7.21. The van der Waals surface area contributed by atoms with Crippen molar-refractivity contribution >= 4 is 38.9 Å². The van der Waals surface area contributed by atoms with Crippen molar-refractivity contribution in [2.75, 3.05) is 13.7 Å². The number of hydrogen-bond acceptors (Lipinski definition) is 6. The Morgan fingerprint density at radius 2 is 2.33 bits per heavy atom. The van der Waals surface area contributed by atoms with Crippen LogP contribution in [0.5, 0.6) is 0 Å². The van der Waals surface area contributed by atoms with Crippen molar-refractivity contribution in [1.29, 1.82) is 0 Å². The van der Waals surface area contributed by atoms with Gasteiger partial charge in [-0.25, -0.2) is 4.39 Å². The number of rotatable bonds is 6. The molecule has 0 aliphatic carbocycles. The van der Waals surface area contributed by atoms with E-state index >= 15 is 0 Å². The van der Waals surface area contributed by atoms with E-state index in [0.717, 1.165) is 11.3 Å². The van der Waals surface area contributed by atoms with E-state index in [9.17, 15) is 9.18 Å². The summed E-state index contributed by atoms with van der Waals surface area (Å²) in [6.45, 7) is 0.555. The predicted octanol–water partition coefficient (Wildman–Crippen LogP) is 3.20. The minimum atomic E-state index is -0.450. The van der Waals surface area contributed by atoms with Gasteiger partial charge in [0.05, 0.1) is 24.6 Å². The molecule has 0 saturated heterocycles. The second-order valence-electron chi connectivity index (χ2n) is 4.89. The number of methoxy groups -OCH3 is 1. The molecule has 1 amide bonds. The molecule has 24 heavy (non-hydrogen) atoms. The Morgan fingerprint density at radius 3 is 3.08 bits per heavy atom. The number of ether oxygens (including phenoxy) is 1. The van der Waals surface area contributed by atoms with Crippen LogP contribution in [0.3, 0.4) is 0 Å². The molecule has 0 saturated carbocycles. The smallest absolute Gasteiger partial charge is 0.263 e. The minimum absolute atomic E-state index is 0.0857. The van der Waals surface area contributed by atoms with Gasteiger partial charge in [-0.15, -0.1) is 11.3 Å². The largest absolute Gasteiger partial charge is 0.384 e. The highest BCUT2D eigenvalue weighted by Crippen LogP contribution is 2.36. The number of thiophene rings is 1. The molecule has 0 spiro atoms. The van der Waals surface area contributed by atoms with Crippen LogP contribution in [-0.2, 0) is 17.7 Å². The summed E-state index contributed by atoms with van der Waals surface area (Å²) >= 11 is 7.28. The molecular formula is C15H13ClFN3O3S. The SMILES string of the molecule is COCCc1nc(CNC(=O)c2sc3cccc(F)c3c2Cl)no1. The number of aromatic nitrogens is 2. The fourth-order valence-electron chi connectivity index (χ4n) is 2.11. The van der Waals surface area contributed by atoms with E-state index in [1.807, 2.05) is 0 Å². The van der Waals surface area contributed by atoms with Crippen LogP contribution in [0.25, 0.3) is 10.1 Å². The lowest BCUT2D eigenvalue weighted by Gasteiger charge is -2.00. The van der Waals surface area contributed by atoms with E-state index in [0.29, 0.717) is 29.4 Å². The van der Waals surface area contributed by atoms with E-state index in [4.69, 9.17) is 20.9 Å². The van der Waals surface area contributed by atoms with E-state index in [2.05, 4.69) is 15.5 Å². The summed E-state index contributed by atoms with van der Waals surface area (Å²) in [5, 5.41) is 6.79. The summed E-state index contributed by atoms with van der Waals surface area (Å²) in [7, 11) is 1.58. The van der Waals surface area contributed by atoms with E-state index in [-0.39, 0.29) is 21.8 Å². The van der Waals surface area contributed by atoms with Gasteiger partial charge in [0.25, 0.3) is 5.91 Å². The molecule has 1 aromatic carbocycles. The summed E-state index contributed by atoms with van der Waals surface area (Å²) in [5.41, 5.74) is 0. The van der Waals surface area contributed by atoms with Crippen molar-refractivity contribution in [3.05, 3.63) is 45.6 Å². The highest BCUT2D eigenvalue weighted by atomic mass is 35.5. The first kappa shape index (κ1) is 16.8. The molecule has 0 atom stereocenters. The number of nitrogens with zero attached hydrogens (tertiary/aromatic N) is 2. The zero-order chi connectivity index (χ0) is 17.1.